The van der Waals surface area contributed by atoms with E-state index in [-0.39, 0.29) is 42.0 Å². The van der Waals surface area contributed by atoms with Gasteiger partial charge in [-0.2, -0.15) is 0 Å². The predicted octanol–water partition coefficient (Wildman–Crippen LogP) is 6.21. The van der Waals surface area contributed by atoms with Crippen LogP contribution in [0.15, 0.2) is 34.2 Å². The number of carbonyl (C=O) groups is 1. The first-order valence-corrected chi connectivity index (χ1v) is 15.6. The van der Waals surface area contributed by atoms with Gasteiger partial charge in [-0.15, -0.1) is 0 Å². The molecule has 2 aliphatic heterocycles. The number of carboxylic acid groups (broad SMARTS) is 1. The van der Waals surface area contributed by atoms with Gasteiger partial charge in [0.25, 0.3) is 5.56 Å². The predicted molar refractivity (Wildman–Crippen MR) is 158 cm³/mol. The van der Waals surface area contributed by atoms with Gasteiger partial charge in [0.15, 0.2) is 5.69 Å². The van der Waals surface area contributed by atoms with Crippen LogP contribution in [0.2, 0.25) is 0 Å². The number of benzene rings is 1. The Morgan fingerprint density at radius 2 is 1.62 bits per heavy atom. The summed E-state index contributed by atoms with van der Waals surface area (Å²) < 4.78 is 1.87. The number of carboxylic acids is 1. The summed E-state index contributed by atoms with van der Waals surface area (Å²) in [7, 11) is 0. The summed E-state index contributed by atoms with van der Waals surface area (Å²) in [5, 5.41) is 17.0. The third kappa shape index (κ3) is 7.12. The van der Waals surface area contributed by atoms with Gasteiger partial charge in [-0.05, 0) is 69.9 Å². The second kappa shape index (κ2) is 13.3. The van der Waals surface area contributed by atoms with Crippen molar-refractivity contribution in [3.63, 3.8) is 0 Å². The lowest BCUT2D eigenvalue weighted by atomic mass is 9.72. The normalized spacial score (nSPS) is 28.1. The molecule has 8 heteroatoms. The number of nitrogens with zero attached hydrogens (tertiary/aromatic N) is 3. The van der Waals surface area contributed by atoms with E-state index < -0.39 is 5.97 Å². The highest BCUT2D eigenvalue weighted by atomic mass is 16.6. The van der Waals surface area contributed by atoms with E-state index in [2.05, 4.69) is 15.5 Å². The fraction of sp³-hybridized carbons (Fsp3) is 0.688. The smallest absolute Gasteiger partial charge is 0.303 e. The van der Waals surface area contributed by atoms with Crippen molar-refractivity contribution in [2.24, 2.45) is 17.0 Å². The SMILES string of the molecule is C1CC2CCCC(C1)C2.CC(C)O/N=C(\CCC(=O)O)c1nc2ccccc2n(C2CC3CCCC(C2)N3)c1=O. The van der Waals surface area contributed by atoms with Gasteiger partial charge in [0.05, 0.1) is 17.5 Å². The number of para-hydroxylation sites is 2. The molecule has 4 bridgehead atoms. The highest BCUT2D eigenvalue weighted by Gasteiger charge is 2.34. The number of aromatic nitrogens is 2. The number of aliphatic carboxylic acids is 1. The molecule has 218 valence electrons. The average Bonchev–Trinajstić information content (AvgIpc) is 2.93. The molecule has 40 heavy (non-hydrogen) atoms. The van der Waals surface area contributed by atoms with E-state index in [0.717, 1.165) is 43.0 Å². The van der Waals surface area contributed by atoms with Crippen molar-refractivity contribution in [3.05, 3.63) is 40.3 Å². The van der Waals surface area contributed by atoms with Crippen LogP contribution in [0.25, 0.3) is 11.0 Å². The summed E-state index contributed by atoms with van der Waals surface area (Å²) >= 11 is 0. The fourth-order valence-corrected chi connectivity index (χ4v) is 7.37. The van der Waals surface area contributed by atoms with Crippen LogP contribution in [-0.4, -0.2) is 44.5 Å². The molecule has 0 amide bonds. The minimum Gasteiger partial charge on any atom is -0.481 e. The van der Waals surface area contributed by atoms with E-state index in [9.17, 15) is 14.7 Å². The van der Waals surface area contributed by atoms with Crippen molar-refractivity contribution in [3.8, 4) is 0 Å². The van der Waals surface area contributed by atoms with Crippen molar-refractivity contribution < 1.29 is 14.7 Å². The maximum atomic E-state index is 13.7. The number of fused-ring (bicyclic) bond motifs is 5. The molecule has 0 radical (unpaired) electrons. The first-order chi connectivity index (χ1) is 19.4. The van der Waals surface area contributed by atoms with Crippen molar-refractivity contribution in [1.82, 2.24) is 14.9 Å². The Labute approximate surface area is 237 Å². The molecule has 2 atom stereocenters. The summed E-state index contributed by atoms with van der Waals surface area (Å²) in [5.74, 6) is 1.35. The standard InChI is InChI=1S/C23H30N4O4.C9H16/c1-14(2)31-26-19(10-11-21(28)29)22-23(30)27(20-9-4-3-8-18(20)25-22)17-12-15-6-5-7-16(13-17)24-15;1-3-8-5-2-6-9(4-1)7-8/h3-4,8-9,14-17,24H,5-7,10-13H2,1-2H3,(H,28,29);8-9H,1-7H2/b26-19+;. The Morgan fingerprint density at radius 3 is 2.23 bits per heavy atom. The molecule has 8 nitrogen and oxygen atoms in total. The Hall–Kier alpha value is -2.74. The van der Waals surface area contributed by atoms with Crippen LogP contribution < -0.4 is 10.9 Å². The molecule has 2 N–H and O–H groups in total. The zero-order valence-electron chi connectivity index (χ0n) is 24.2. The van der Waals surface area contributed by atoms with Gasteiger partial charge >= 0.3 is 5.97 Å². The molecule has 2 saturated carbocycles. The van der Waals surface area contributed by atoms with E-state index in [0.29, 0.717) is 17.6 Å². The van der Waals surface area contributed by atoms with Crippen molar-refractivity contribution in [2.45, 2.75) is 128 Å². The molecular weight excluding hydrogens is 504 g/mol. The first-order valence-electron chi connectivity index (χ1n) is 15.6. The van der Waals surface area contributed by atoms with Crippen molar-refractivity contribution >= 4 is 22.7 Å². The highest BCUT2D eigenvalue weighted by molar-refractivity contribution is 6.00. The maximum Gasteiger partial charge on any atom is 0.303 e. The lowest BCUT2D eigenvalue weighted by Gasteiger charge is -2.41. The van der Waals surface area contributed by atoms with Gasteiger partial charge in [0.2, 0.25) is 0 Å². The summed E-state index contributed by atoms with van der Waals surface area (Å²) in [4.78, 5) is 34.9. The second-order valence-corrected chi connectivity index (χ2v) is 12.7. The van der Waals surface area contributed by atoms with Gasteiger partial charge in [0.1, 0.15) is 11.8 Å². The first kappa shape index (κ1) is 28.8. The summed E-state index contributed by atoms with van der Waals surface area (Å²) in [6.45, 7) is 3.66. The van der Waals surface area contributed by atoms with Crippen LogP contribution >= 0.6 is 0 Å². The van der Waals surface area contributed by atoms with Gasteiger partial charge in [0, 0.05) is 24.5 Å². The van der Waals surface area contributed by atoms with Gasteiger partial charge in [-0.1, -0.05) is 62.2 Å². The molecular formula is C32H46N4O4. The van der Waals surface area contributed by atoms with E-state index in [1.807, 2.05) is 42.7 Å². The number of nitrogens with one attached hydrogen (secondary N) is 1. The minimum absolute atomic E-state index is 0.0717. The summed E-state index contributed by atoms with van der Waals surface area (Å²) in [6, 6.07) is 8.54. The molecule has 1 aromatic carbocycles. The Kier molecular flexibility index (Phi) is 9.56. The van der Waals surface area contributed by atoms with E-state index in [4.69, 9.17) is 4.84 Å². The molecule has 6 rings (SSSR count). The van der Waals surface area contributed by atoms with Gasteiger partial charge in [-0.25, -0.2) is 4.98 Å². The molecule has 2 unspecified atom stereocenters. The number of oxime groups is 1. The van der Waals surface area contributed by atoms with Gasteiger partial charge < -0.3 is 19.8 Å². The Balaban J connectivity index is 0.000000301. The topological polar surface area (TPSA) is 106 Å². The molecule has 4 aliphatic rings. The fourth-order valence-electron chi connectivity index (χ4n) is 7.37. The van der Waals surface area contributed by atoms with Crippen LogP contribution in [-0.2, 0) is 9.63 Å². The molecule has 3 heterocycles. The zero-order valence-corrected chi connectivity index (χ0v) is 24.2. The van der Waals surface area contributed by atoms with Crippen LogP contribution in [0.3, 0.4) is 0 Å². The maximum absolute atomic E-state index is 13.7. The van der Waals surface area contributed by atoms with E-state index in [1.54, 1.807) is 32.1 Å². The van der Waals surface area contributed by atoms with E-state index in [1.165, 1.54) is 19.3 Å². The lowest BCUT2D eigenvalue weighted by molar-refractivity contribution is -0.136. The minimum atomic E-state index is -0.954. The Bertz CT molecular complexity index is 1220. The number of hydrogen-bond acceptors (Lipinski definition) is 6. The third-order valence-electron chi connectivity index (χ3n) is 9.19. The molecule has 2 aromatic rings. The molecule has 4 fully saturated rings. The zero-order chi connectivity index (χ0) is 28.1. The van der Waals surface area contributed by atoms with Crippen LogP contribution in [0.1, 0.15) is 115 Å². The summed E-state index contributed by atoms with van der Waals surface area (Å²) in [6.07, 6.45) is 15.9. The van der Waals surface area contributed by atoms with E-state index >= 15 is 0 Å². The van der Waals surface area contributed by atoms with Crippen LogP contribution in [0, 0.1) is 11.8 Å². The van der Waals surface area contributed by atoms with Crippen LogP contribution in [0.4, 0.5) is 0 Å². The molecule has 1 aromatic heterocycles. The largest absolute Gasteiger partial charge is 0.481 e. The number of piperidine rings is 2. The van der Waals surface area contributed by atoms with Crippen LogP contribution in [0.5, 0.6) is 0 Å². The van der Waals surface area contributed by atoms with Crippen molar-refractivity contribution in [1.29, 1.82) is 0 Å². The van der Waals surface area contributed by atoms with Crippen molar-refractivity contribution in [2.75, 3.05) is 0 Å². The lowest BCUT2D eigenvalue weighted by Crippen LogP contribution is -2.50. The Morgan fingerprint density at radius 1 is 1.00 bits per heavy atom. The number of hydrogen-bond donors (Lipinski definition) is 2. The summed E-state index contributed by atoms with van der Waals surface area (Å²) in [5.41, 5.74) is 1.76. The third-order valence-corrected chi connectivity index (χ3v) is 9.19. The quantitative estimate of drug-likeness (QED) is 0.314. The average molecular weight is 551 g/mol. The monoisotopic (exact) mass is 550 g/mol. The molecule has 2 saturated heterocycles. The second-order valence-electron chi connectivity index (χ2n) is 12.7. The molecule has 0 spiro atoms. The number of rotatable bonds is 7. The highest BCUT2D eigenvalue weighted by Crippen LogP contribution is 2.39. The van der Waals surface area contributed by atoms with Gasteiger partial charge in [-0.3, -0.25) is 9.59 Å². The molecule has 2 aliphatic carbocycles.